The minimum absolute atomic E-state index is 0.0747. The molecular formula is C56H108N2O6P+. The SMILES string of the molecule is CC/C=C\C/C=C\C/C=C\C/C=C\CCCCCCCCCCCCCCCCCCCCCCCCCCCCC(=O)NC(COP(=O)(O)OCC[N+](C)(C)C)C(O)CCCCCC. The Hall–Kier alpha value is -1.54. The second-order valence-electron chi connectivity index (χ2n) is 19.9. The summed E-state index contributed by atoms with van der Waals surface area (Å²) < 4.78 is 23.4. The number of carbonyl (C=O) groups is 1. The van der Waals surface area contributed by atoms with Gasteiger partial charge >= 0.3 is 7.82 Å². The lowest BCUT2D eigenvalue weighted by molar-refractivity contribution is -0.870. The molecular weight excluding hydrogens is 828 g/mol. The Morgan fingerprint density at radius 1 is 0.538 bits per heavy atom. The topological polar surface area (TPSA) is 105 Å². The van der Waals surface area contributed by atoms with Gasteiger partial charge in [-0.1, -0.05) is 242 Å². The van der Waals surface area contributed by atoms with Gasteiger partial charge in [-0.2, -0.15) is 0 Å². The third kappa shape index (κ3) is 50.2. The fraction of sp³-hybridized carbons (Fsp3) is 0.839. The third-order valence-corrected chi connectivity index (χ3v) is 13.3. The second-order valence-corrected chi connectivity index (χ2v) is 21.4. The number of aliphatic hydroxyl groups is 1. The van der Waals surface area contributed by atoms with Crippen molar-refractivity contribution in [3.05, 3.63) is 48.6 Å². The summed E-state index contributed by atoms with van der Waals surface area (Å²) in [7, 11) is 1.62. The van der Waals surface area contributed by atoms with Crippen LogP contribution in [0.5, 0.6) is 0 Å². The number of rotatable bonds is 50. The average molecular weight is 936 g/mol. The van der Waals surface area contributed by atoms with Crippen LogP contribution in [0.3, 0.4) is 0 Å². The number of likely N-dealkylation sites (N-methyl/N-ethyl adjacent to an activating group) is 1. The van der Waals surface area contributed by atoms with Crippen molar-refractivity contribution in [2.24, 2.45) is 0 Å². The van der Waals surface area contributed by atoms with E-state index in [1.54, 1.807) is 0 Å². The fourth-order valence-electron chi connectivity index (χ4n) is 8.04. The number of nitrogens with one attached hydrogen (secondary N) is 1. The van der Waals surface area contributed by atoms with Crippen molar-refractivity contribution in [3.63, 3.8) is 0 Å². The molecule has 0 rings (SSSR count). The summed E-state index contributed by atoms with van der Waals surface area (Å²) in [5.74, 6) is -0.150. The molecule has 0 aromatic carbocycles. The van der Waals surface area contributed by atoms with Crippen LogP contribution >= 0.6 is 7.82 Å². The van der Waals surface area contributed by atoms with Gasteiger partial charge < -0.3 is 19.8 Å². The molecule has 0 aromatic rings. The van der Waals surface area contributed by atoms with Gasteiger partial charge in [0, 0.05) is 6.42 Å². The summed E-state index contributed by atoms with van der Waals surface area (Å²) in [6.07, 6.45) is 62.7. The van der Waals surface area contributed by atoms with Crippen LogP contribution < -0.4 is 5.32 Å². The number of unbranched alkanes of at least 4 members (excludes halogenated alkanes) is 29. The van der Waals surface area contributed by atoms with Gasteiger partial charge in [0.05, 0.1) is 39.9 Å². The Bertz CT molecular complexity index is 1200. The maximum absolute atomic E-state index is 12.8. The summed E-state index contributed by atoms with van der Waals surface area (Å²) in [4.78, 5) is 23.0. The highest BCUT2D eigenvalue weighted by Crippen LogP contribution is 2.43. The number of amides is 1. The van der Waals surface area contributed by atoms with E-state index < -0.39 is 20.0 Å². The highest BCUT2D eigenvalue weighted by atomic mass is 31.2. The van der Waals surface area contributed by atoms with Crippen LogP contribution in [0.4, 0.5) is 0 Å². The maximum Gasteiger partial charge on any atom is 0.472 e. The molecule has 0 spiro atoms. The van der Waals surface area contributed by atoms with Crippen molar-refractivity contribution in [3.8, 4) is 0 Å². The summed E-state index contributed by atoms with van der Waals surface area (Å²) in [6, 6.07) is -0.754. The van der Waals surface area contributed by atoms with Crippen molar-refractivity contribution in [2.45, 2.75) is 264 Å². The maximum atomic E-state index is 12.8. The molecule has 65 heavy (non-hydrogen) atoms. The van der Waals surface area contributed by atoms with E-state index >= 15 is 0 Å². The predicted molar refractivity (Wildman–Crippen MR) is 281 cm³/mol. The van der Waals surface area contributed by atoms with E-state index in [1.165, 1.54) is 154 Å². The molecule has 3 atom stereocenters. The minimum Gasteiger partial charge on any atom is -0.391 e. The molecule has 0 aliphatic rings. The van der Waals surface area contributed by atoms with E-state index in [0.29, 0.717) is 23.9 Å². The highest BCUT2D eigenvalue weighted by molar-refractivity contribution is 7.47. The smallest absolute Gasteiger partial charge is 0.391 e. The van der Waals surface area contributed by atoms with Crippen LogP contribution in [-0.2, 0) is 18.4 Å². The largest absolute Gasteiger partial charge is 0.472 e. The number of carbonyl (C=O) groups excluding carboxylic acids is 1. The Kier molecular flexibility index (Phi) is 46.4. The highest BCUT2D eigenvalue weighted by Gasteiger charge is 2.28. The van der Waals surface area contributed by atoms with Crippen molar-refractivity contribution in [2.75, 3.05) is 40.9 Å². The van der Waals surface area contributed by atoms with Crippen molar-refractivity contribution >= 4 is 13.7 Å². The standard InChI is InChI=1S/C56H107N2O6P/c1-6-8-10-12-13-14-15-16-17-18-19-20-21-22-23-24-25-26-27-28-29-30-31-32-33-34-35-36-37-38-39-40-41-42-43-44-45-46-48-50-56(60)57-54(55(59)49-47-11-9-7-2)53-64-65(61,62)63-52-51-58(3,4)5/h8,10,13-14,16-17,19-20,54-55,59H,6-7,9,11-12,15,18,21-53H2,1-5H3,(H-,57,60,61,62)/p+1/b10-8-,14-13-,17-16-,20-19-. The van der Waals surface area contributed by atoms with Gasteiger partial charge in [-0.15, -0.1) is 0 Å². The fourth-order valence-corrected chi connectivity index (χ4v) is 8.77. The number of phosphoric ester groups is 1. The van der Waals surface area contributed by atoms with Crippen LogP contribution in [0, 0.1) is 0 Å². The molecule has 0 heterocycles. The van der Waals surface area contributed by atoms with E-state index in [4.69, 9.17) is 9.05 Å². The first-order valence-corrected chi connectivity index (χ1v) is 29.0. The van der Waals surface area contributed by atoms with Crippen molar-refractivity contribution < 1.29 is 32.9 Å². The molecule has 0 saturated heterocycles. The molecule has 0 fully saturated rings. The lowest BCUT2D eigenvalue weighted by atomic mass is 10.0. The van der Waals surface area contributed by atoms with Crippen molar-refractivity contribution in [1.82, 2.24) is 5.32 Å². The Morgan fingerprint density at radius 2 is 0.923 bits per heavy atom. The Morgan fingerprint density at radius 3 is 1.34 bits per heavy atom. The summed E-state index contributed by atoms with van der Waals surface area (Å²) >= 11 is 0. The van der Waals surface area contributed by atoms with E-state index in [1.807, 2.05) is 21.1 Å². The van der Waals surface area contributed by atoms with Crippen LogP contribution in [-0.4, -0.2) is 73.4 Å². The van der Waals surface area contributed by atoms with E-state index in [0.717, 1.165) is 70.6 Å². The normalized spacial score (nSPS) is 14.4. The summed E-state index contributed by atoms with van der Waals surface area (Å²) in [5.41, 5.74) is 0. The second kappa shape index (κ2) is 47.5. The number of hydrogen-bond acceptors (Lipinski definition) is 5. The summed E-state index contributed by atoms with van der Waals surface area (Å²) in [5, 5.41) is 13.7. The third-order valence-electron chi connectivity index (χ3n) is 12.3. The van der Waals surface area contributed by atoms with Gasteiger partial charge in [0.1, 0.15) is 13.2 Å². The van der Waals surface area contributed by atoms with Gasteiger partial charge in [0.15, 0.2) is 0 Å². The number of hydrogen-bond donors (Lipinski definition) is 3. The zero-order chi connectivity index (χ0) is 47.8. The lowest BCUT2D eigenvalue weighted by Gasteiger charge is -2.26. The van der Waals surface area contributed by atoms with E-state index in [-0.39, 0.29) is 19.1 Å². The average Bonchev–Trinajstić information content (AvgIpc) is 3.26. The molecule has 0 saturated carbocycles. The summed E-state index contributed by atoms with van der Waals surface area (Å²) in [6.45, 7) is 4.66. The minimum atomic E-state index is -4.29. The number of nitrogens with zero attached hydrogens (tertiary/aromatic N) is 1. The molecule has 0 aromatic heterocycles. The number of phosphoric acid groups is 1. The monoisotopic (exact) mass is 936 g/mol. The molecule has 0 aliphatic carbocycles. The molecule has 9 heteroatoms. The van der Waals surface area contributed by atoms with Crippen LogP contribution in [0.15, 0.2) is 48.6 Å². The molecule has 1 amide bonds. The van der Waals surface area contributed by atoms with Gasteiger partial charge in [0.2, 0.25) is 5.91 Å². The first kappa shape index (κ1) is 63.5. The van der Waals surface area contributed by atoms with Crippen LogP contribution in [0.25, 0.3) is 0 Å². The zero-order valence-electron chi connectivity index (χ0n) is 43.5. The molecule has 8 nitrogen and oxygen atoms in total. The zero-order valence-corrected chi connectivity index (χ0v) is 44.4. The van der Waals surface area contributed by atoms with E-state index in [2.05, 4.69) is 67.8 Å². The van der Waals surface area contributed by atoms with Gasteiger partial charge in [-0.25, -0.2) is 4.57 Å². The number of quaternary nitrogens is 1. The van der Waals surface area contributed by atoms with Gasteiger partial charge in [-0.05, 0) is 51.4 Å². The van der Waals surface area contributed by atoms with Crippen molar-refractivity contribution in [1.29, 1.82) is 0 Å². The lowest BCUT2D eigenvalue weighted by Crippen LogP contribution is -2.46. The van der Waals surface area contributed by atoms with Crippen LogP contribution in [0.1, 0.15) is 251 Å². The number of allylic oxidation sites excluding steroid dienone is 8. The van der Waals surface area contributed by atoms with Crippen LogP contribution in [0.2, 0.25) is 0 Å². The van der Waals surface area contributed by atoms with E-state index in [9.17, 15) is 19.4 Å². The predicted octanol–water partition coefficient (Wildman–Crippen LogP) is 16.4. The molecule has 0 aliphatic heterocycles. The Balaban J connectivity index is 3.64. The molecule has 382 valence electrons. The van der Waals surface area contributed by atoms with Gasteiger partial charge in [-0.3, -0.25) is 13.8 Å². The number of aliphatic hydroxyl groups excluding tert-OH is 1. The first-order valence-electron chi connectivity index (χ1n) is 27.5. The Labute approximate surface area is 403 Å². The van der Waals surface area contributed by atoms with Gasteiger partial charge in [0.25, 0.3) is 0 Å². The molecule has 0 bridgehead atoms. The molecule has 3 unspecified atom stereocenters. The quantitative estimate of drug-likeness (QED) is 0.0243. The molecule has 3 N–H and O–H groups in total. The molecule has 0 radical (unpaired) electrons. The first-order chi connectivity index (χ1) is 31.5.